The molecular formula is C19H35F. The minimum atomic E-state index is -0.510. The predicted octanol–water partition coefficient (Wildman–Crippen LogP) is 6.39. The van der Waals surface area contributed by atoms with Crippen LogP contribution in [0.2, 0.25) is 0 Å². The Morgan fingerprint density at radius 1 is 0.950 bits per heavy atom. The van der Waals surface area contributed by atoms with E-state index in [2.05, 4.69) is 20.8 Å². The van der Waals surface area contributed by atoms with E-state index in [0.29, 0.717) is 17.8 Å². The summed E-state index contributed by atoms with van der Waals surface area (Å²) in [6.07, 6.45) is 12.0. The highest BCUT2D eigenvalue weighted by Crippen LogP contribution is 2.45. The van der Waals surface area contributed by atoms with Gasteiger partial charge in [-0.15, -0.1) is 0 Å². The Balaban J connectivity index is 1.85. The van der Waals surface area contributed by atoms with E-state index in [9.17, 15) is 4.39 Å². The van der Waals surface area contributed by atoms with Gasteiger partial charge in [-0.25, -0.2) is 4.39 Å². The third-order valence-electron chi connectivity index (χ3n) is 6.38. The van der Waals surface area contributed by atoms with Gasteiger partial charge in [0.1, 0.15) is 6.17 Å². The van der Waals surface area contributed by atoms with Crippen molar-refractivity contribution < 1.29 is 4.39 Å². The van der Waals surface area contributed by atoms with Crippen molar-refractivity contribution in [3.63, 3.8) is 0 Å². The average Bonchev–Trinajstić information content (AvgIpc) is 2.46. The fourth-order valence-corrected chi connectivity index (χ4v) is 4.98. The molecule has 0 aromatic carbocycles. The molecule has 0 amide bonds. The van der Waals surface area contributed by atoms with Gasteiger partial charge in [0.25, 0.3) is 0 Å². The van der Waals surface area contributed by atoms with Gasteiger partial charge in [0.05, 0.1) is 0 Å². The first-order valence-electron chi connectivity index (χ1n) is 9.29. The smallest absolute Gasteiger partial charge is 0.103 e. The lowest BCUT2D eigenvalue weighted by atomic mass is 9.66. The second-order valence-corrected chi connectivity index (χ2v) is 7.73. The monoisotopic (exact) mass is 282 g/mol. The molecule has 2 aliphatic rings. The molecule has 0 spiro atoms. The van der Waals surface area contributed by atoms with Gasteiger partial charge in [-0.05, 0) is 61.7 Å². The molecule has 0 N–H and O–H groups in total. The highest BCUT2D eigenvalue weighted by molar-refractivity contribution is 4.88. The van der Waals surface area contributed by atoms with E-state index in [1.54, 1.807) is 0 Å². The van der Waals surface area contributed by atoms with Gasteiger partial charge in [-0.1, -0.05) is 52.9 Å². The molecule has 0 aromatic rings. The second kappa shape index (κ2) is 7.80. The second-order valence-electron chi connectivity index (χ2n) is 7.73. The minimum absolute atomic E-state index is 0.374. The number of rotatable bonds is 5. The highest BCUT2D eigenvalue weighted by Gasteiger charge is 2.37. The van der Waals surface area contributed by atoms with Gasteiger partial charge in [0.15, 0.2) is 0 Å². The molecule has 20 heavy (non-hydrogen) atoms. The van der Waals surface area contributed by atoms with Crippen molar-refractivity contribution in [3.05, 3.63) is 0 Å². The third kappa shape index (κ3) is 3.98. The van der Waals surface area contributed by atoms with Gasteiger partial charge in [-0.3, -0.25) is 0 Å². The van der Waals surface area contributed by atoms with Gasteiger partial charge in [0.2, 0.25) is 0 Å². The summed E-state index contributed by atoms with van der Waals surface area (Å²) in [5.41, 5.74) is 0. The fourth-order valence-electron chi connectivity index (χ4n) is 4.98. The van der Waals surface area contributed by atoms with E-state index in [4.69, 9.17) is 0 Å². The molecule has 1 heteroatoms. The first kappa shape index (κ1) is 16.3. The molecule has 0 aromatic heterocycles. The van der Waals surface area contributed by atoms with Crippen molar-refractivity contribution >= 4 is 0 Å². The Hall–Kier alpha value is -0.0700. The zero-order chi connectivity index (χ0) is 14.5. The zero-order valence-electron chi connectivity index (χ0n) is 13.9. The van der Waals surface area contributed by atoms with E-state index in [-0.39, 0.29) is 0 Å². The maximum Gasteiger partial charge on any atom is 0.103 e. The van der Waals surface area contributed by atoms with Crippen LogP contribution in [0.3, 0.4) is 0 Å². The lowest BCUT2D eigenvalue weighted by Gasteiger charge is -2.41. The first-order chi connectivity index (χ1) is 9.65. The summed E-state index contributed by atoms with van der Waals surface area (Å²) in [7, 11) is 0. The Morgan fingerprint density at radius 3 is 2.15 bits per heavy atom. The number of hydrogen-bond acceptors (Lipinski definition) is 0. The summed E-state index contributed by atoms with van der Waals surface area (Å²) in [6.45, 7) is 6.87. The van der Waals surface area contributed by atoms with E-state index < -0.39 is 6.17 Å². The molecule has 2 rings (SSSR count). The van der Waals surface area contributed by atoms with E-state index in [1.165, 1.54) is 51.4 Å². The third-order valence-corrected chi connectivity index (χ3v) is 6.38. The highest BCUT2D eigenvalue weighted by atomic mass is 19.1. The minimum Gasteiger partial charge on any atom is -0.247 e. The summed E-state index contributed by atoms with van der Waals surface area (Å²) in [6, 6.07) is 0. The Morgan fingerprint density at radius 2 is 1.60 bits per heavy atom. The number of hydrogen-bond donors (Lipinski definition) is 0. The van der Waals surface area contributed by atoms with E-state index >= 15 is 0 Å². The quantitative estimate of drug-likeness (QED) is 0.548. The number of halogens is 1. The van der Waals surface area contributed by atoms with Crippen molar-refractivity contribution in [2.45, 2.75) is 91.2 Å². The normalized spacial score (nSPS) is 40.5. The van der Waals surface area contributed by atoms with Gasteiger partial charge < -0.3 is 0 Å². The lowest BCUT2D eigenvalue weighted by molar-refractivity contribution is 0.0458. The molecule has 2 fully saturated rings. The SMILES string of the molecule is CCCC(CC)C1CCC(C2CCC(C)CC2)CC1F. The van der Waals surface area contributed by atoms with Crippen molar-refractivity contribution in [1.82, 2.24) is 0 Å². The number of alkyl halides is 1. The molecule has 0 bridgehead atoms. The molecule has 0 aliphatic heterocycles. The van der Waals surface area contributed by atoms with Crippen LogP contribution in [0.1, 0.15) is 85.0 Å². The van der Waals surface area contributed by atoms with Crippen LogP contribution < -0.4 is 0 Å². The van der Waals surface area contributed by atoms with Crippen LogP contribution >= 0.6 is 0 Å². The van der Waals surface area contributed by atoms with Crippen molar-refractivity contribution in [3.8, 4) is 0 Å². The summed E-state index contributed by atoms with van der Waals surface area (Å²) < 4.78 is 14.7. The molecule has 2 saturated carbocycles. The predicted molar refractivity (Wildman–Crippen MR) is 85.5 cm³/mol. The van der Waals surface area contributed by atoms with Gasteiger partial charge in [-0.2, -0.15) is 0 Å². The summed E-state index contributed by atoms with van der Waals surface area (Å²) in [5, 5.41) is 0. The van der Waals surface area contributed by atoms with Crippen LogP contribution in [0.15, 0.2) is 0 Å². The van der Waals surface area contributed by atoms with Crippen molar-refractivity contribution in [2.75, 3.05) is 0 Å². The topological polar surface area (TPSA) is 0 Å². The average molecular weight is 282 g/mol. The fraction of sp³-hybridized carbons (Fsp3) is 1.00. The Bertz CT molecular complexity index is 267. The Kier molecular flexibility index (Phi) is 6.36. The standard InChI is InChI=1S/C19H35F/c1-4-6-15(5-2)18-12-11-17(13-19(18)20)16-9-7-14(3)8-10-16/h14-19H,4-13H2,1-3H3. The maximum absolute atomic E-state index is 14.7. The molecular weight excluding hydrogens is 247 g/mol. The summed E-state index contributed by atoms with van der Waals surface area (Å²) >= 11 is 0. The van der Waals surface area contributed by atoms with Crippen LogP contribution in [0.4, 0.5) is 4.39 Å². The zero-order valence-corrected chi connectivity index (χ0v) is 13.9. The molecule has 4 atom stereocenters. The van der Waals surface area contributed by atoms with Gasteiger partial charge >= 0.3 is 0 Å². The molecule has 0 radical (unpaired) electrons. The molecule has 0 heterocycles. The van der Waals surface area contributed by atoms with E-state index in [1.807, 2.05) is 0 Å². The first-order valence-corrected chi connectivity index (χ1v) is 9.29. The summed E-state index contributed by atoms with van der Waals surface area (Å²) in [5.74, 6) is 3.48. The summed E-state index contributed by atoms with van der Waals surface area (Å²) in [4.78, 5) is 0. The van der Waals surface area contributed by atoms with Crippen LogP contribution in [-0.4, -0.2) is 6.17 Å². The maximum atomic E-state index is 14.7. The lowest BCUT2D eigenvalue weighted by Crippen LogP contribution is -2.35. The van der Waals surface area contributed by atoms with Crippen molar-refractivity contribution in [1.29, 1.82) is 0 Å². The molecule has 2 aliphatic carbocycles. The Labute approximate surface area is 125 Å². The van der Waals surface area contributed by atoms with Crippen molar-refractivity contribution in [2.24, 2.45) is 29.6 Å². The molecule has 118 valence electrons. The van der Waals surface area contributed by atoms with Crippen LogP contribution in [0.25, 0.3) is 0 Å². The van der Waals surface area contributed by atoms with Gasteiger partial charge in [0, 0.05) is 0 Å². The van der Waals surface area contributed by atoms with Crippen LogP contribution in [0.5, 0.6) is 0 Å². The van der Waals surface area contributed by atoms with Crippen LogP contribution in [0, 0.1) is 29.6 Å². The largest absolute Gasteiger partial charge is 0.247 e. The van der Waals surface area contributed by atoms with Crippen LogP contribution in [-0.2, 0) is 0 Å². The molecule has 4 unspecified atom stereocenters. The molecule has 0 nitrogen and oxygen atoms in total. The molecule has 0 saturated heterocycles. The van der Waals surface area contributed by atoms with E-state index in [0.717, 1.165) is 24.7 Å².